The first-order valence-corrected chi connectivity index (χ1v) is 6.92. The highest BCUT2D eigenvalue weighted by Gasteiger charge is 2.13. The molecular formula is C13H11BrClN3O2. The van der Waals surface area contributed by atoms with Gasteiger partial charge in [-0.3, -0.25) is 14.3 Å². The lowest BCUT2D eigenvalue weighted by Gasteiger charge is -2.04. The molecule has 0 saturated heterocycles. The Balaban J connectivity index is 2.17. The van der Waals surface area contributed by atoms with Gasteiger partial charge in [0.1, 0.15) is 0 Å². The number of hydrogen-bond acceptors (Lipinski definition) is 3. The third kappa shape index (κ3) is 3.46. The molecule has 0 fully saturated rings. The minimum absolute atomic E-state index is 0.303. The van der Waals surface area contributed by atoms with Gasteiger partial charge in [0.2, 0.25) is 5.78 Å². The highest BCUT2D eigenvalue weighted by atomic mass is 79.9. The lowest BCUT2D eigenvalue weighted by Crippen LogP contribution is -2.20. The zero-order valence-electron chi connectivity index (χ0n) is 10.6. The number of nitrogens with one attached hydrogen (secondary N) is 1. The van der Waals surface area contributed by atoms with E-state index in [1.807, 2.05) is 18.2 Å². The Kier molecular flexibility index (Phi) is 4.57. The van der Waals surface area contributed by atoms with Crippen molar-refractivity contribution in [2.45, 2.75) is 13.5 Å². The number of halogens is 2. The Hall–Kier alpha value is -1.66. The van der Waals surface area contributed by atoms with Crippen molar-refractivity contribution in [2.75, 3.05) is 5.32 Å². The number of benzene rings is 1. The fourth-order valence-electron chi connectivity index (χ4n) is 1.56. The van der Waals surface area contributed by atoms with E-state index in [9.17, 15) is 9.59 Å². The molecule has 7 heteroatoms. The molecule has 2 rings (SSSR count). The van der Waals surface area contributed by atoms with Gasteiger partial charge in [-0.05, 0) is 27.6 Å². The topological polar surface area (TPSA) is 64.0 Å². The van der Waals surface area contributed by atoms with E-state index in [-0.39, 0.29) is 0 Å². The average Bonchev–Trinajstić information content (AvgIpc) is 2.72. The lowest BCUT2D eigenvalue weighted by molar-refractivity contribution is -0.133. The zero-order valence-corrected chi connectivity index (χ0v) is 12.9. The summed E-state index contributed by atoms with van der Waals surface area (Å²) in [6, 6.07) is 7.43. The van der Waals surface area contributed by atoms with Crippen LogP contribution in [0.1, 0.15) is 12.5 Å². The molecule has 20 heavy (non-hydrogen) atoms. The number of anilines is 1. The van der Waals surface area contributed by atoms with Crippen molar-refractivity contribution in [3.63, 3.8) is 0 Å². The summed E-state index contributed by atoms with van der Waals surface area (Å²) in [5.74, 6) is -0.969. The Morgan fingerprint density at radius 3 is 2.75 bits per heavy atom. The van der Waals surface area contributed by atoms with Gasteiger partial charge >= 0.3 is 0 Å². The maximum atomic E-state index is 11.3. The fraction of sp³-hybridized carbons (Fsp3) is 0.154. The van der Waals surface area contributed by atoms with Crippen molar-refractivity contribution in [1.82, 2.24) is 9.78 Å². The molecule has 0 bridgehead atoms. The molecule has 0 radical (unpaired) electrons. The molecule has 0 aliphatic carbocycles. The summed E-state index contributed by atoms with van der Waals surface area (Å²) in [5, 5.41) is 7.27. The van der Waals surface area contributed by atoms with Crippen LogP contribution in [0.25, 0.3) is 0 Å². The van der Waals surface area contributed by atoms with Crippen LogP contribution in [0.4, 0.5) is 5.82 Å². The van der Waals surface area contributed by atoms with Crippen LogP contribution in [0.3, 0.4) is 0 Å². The second-order valence-electron chi connectivity index (χ2n) is 4.12. The maximum absolute atomic E-state index is 11.3. The summed E-state index contributed by atoms with van der Waals surface area (Å²) >= 11 is 9.36. The largest absolute Gasteiger partial charge is 0.302 e. The number of aromatic nitrogens is 2. The highest BCUT2D eigenvalue weighted by molar-refractivity contribution is 9.10. The second kappa shape index (κ2) is 6.19. The van der Waals surface area contributed by atoms with Gasteiger partial charge in [0.15, 0.2) is 5.82 Å². The van der Waals surface area contributed by atoms with E-state index in [0.717, 1.165) is 5.56 Å². The predicted molar refractivity (Wildman–Crippen MR) is 79.8 cm³/mol. The third-order valence-corrected chi connectivity index (χ3v) is 3.51. The van der Waals surface area contributed by atoms with E-state index in [0.29, 0.717) is 21.9 Å². The predicted octanol–water partition coefficient (Wildman–Crippen LogP) is 2.87. The molecule has 0 saturated carbocycles. The van der Waals surface area contributed by atoms with Crippen molar-refractivity contribution in [2.24, 2.45) is 0 Å². The van der Waals surface area contributed by atoms with E-state index >= 15 is 0 Å². The molecule has 0 spiro atoms. The monoisotopic (exact) mass is 355 g/mol. The van der Waals surface area contributed by atoms with Crippen molar-refractivity contribution in [3.8, 4) is 0 Å². The zero-order chi connectivity index (χ0) is 14.7. The first-order valence-electron chi connectivity index (χ1n) is 5.75. The van der Waals surface area contributed by atoms with Crippen LogP contribution in [0.5, 0.6) is 0 Å². The first-order chi connectivity index (χ1) is 9.47. The number of amides is 1. The fourth-order valence-corrected chi connectivity index (χ4v) is 2.17. The molecular weight excluding hydrogens is 346 g/mol. The molecule has 0 aliphatic heterocycles. The molecule has 2 aromatic rings. The summed E-state index contributed by atoms with van der Waals surface area (Å²) < 4.78 is 2.22. The molecule has 0 atom stereocenters. The number of Topliss-reactive ketones (excluding diaryl/α,β-unsaturated/α-hetero) is 1. The van der Waals surface area contributed by atoms with Gasteiger partial charge in [-0.15, -0.1) is 0 Å². The number of carbonyl (C=O) groups is 2. The Labute approximate surface area is 129 Å². The van der Waals surface area contributed by atoms with E-state index in [1.54, 1.807) is 16.9 Å². The SMILES string of the molecule is CC(=O)C(=O)Nc1nn(Cc2ccccc2Cl)cc1Br. The van der Waals surface area contributed by atoms with Gasteiger partial charge in [-0.1, -0.05) is 29.8 Å². The van der Waals surface area contributed by atoms with Crippen molar-refractivity contribution in [3.05, 3.63) is 45.5 Å². The van der Waals surface area contributed by atoms with Crippen LogP contribution in [-0.2, 0) is 16.1 Å². The summed E-state index contributed by atoms with van der Waals surface area (Å²) in [6.45, 7) is 1.66. The molecule has 0 unspecified atom stereocenters. The van der Waals surface area contributed by atoms with E-state index in [2.05, 4.69) is 26.3 Å². The second-order valence-corrected chi connectivity index (χ2v) is 5.39. The standard InChI is InChI=1S/C13H11BrClN3O2/c1-8(19)13(20)16-12-10(14)7-18(17-12)6-9-4-2-3-5-11(9)15/h2-5,7H,6H2,1H3,(H,16,17,20). The van der Waals surface area contributed by atoms with Crippen LogP contribution in [-0.4, -0.2) is 21.5 Å². The Bertz CT molecular complexity index is 669. The minimum atomic E-state index is -0.700. The minimum Gasteiger partial charge on any atom is -0.302 e. The number of hydrogen-bond donors (Lipinski definition) is 1. The third-order valence-electron chi connectivity index (χ3n) is 2.56. The van der Waals surface area contributed by atoms with E-state index in [4.69, 9.17) is 11.6 Å². The number of ketones is 1. The van der Waals surface area contributed by atoms with Gasteiger partial charge in [0.25, 0.3) is 5.91 Å². The molecule has 104 valence electrons. The van der Waals surface area contributed by atoms with E-state index < -0.39 is 11.7 Å². The highest BCUT2D eigenvalue weighted by Crippen LogP contribution is 2.22. The molecule has 1 heterocycles. The lowest BCUT2D eigenvalue weighted by atomic mass is 10.2. The van der Waals surface area contributed by atoms with Gasteiger partial charge in [-0.2, -0.15) is 5.10 Å². The maximum Gasteiger partial charge on any atom is 0.292 e. The Morgan fingerprint density at radius 1 is 1.40 bits per heavy atom. The van der Waals surface area contributed by atoms with Gasteiger partial charge in [0, 0.05) is 18.1 Å². The van der Waals surface area contributed by atoms with Gasteiger partial charge in [0.05, 0.1) is 11.0 Å². The molecule has 1 amide bonds. The molecule has 1 N–H and O–H groups in total. The van der Waals surface area contributed by atoms with Crippen molar-refractivity contribution >= 4 is 45.0 Å². The summed E-state index contributed by atoms with van der Waals surface area (Å²) in [5.41, 5.74) is 0.911. The van der Waals surface area contributed by atoms with Crippen LogP contribution >= 0.6 is 27.5 Å². The molecule has 0 aliphatic rings. The summed E-state index contributed by atoms with van der Waals surface area (Å²) in [4.78, 5) is 22.3. The van der Waals surface area contributed by atoms with Crippen LogP contribution in [0.2, 0.25) is 5.02 Å². The average molecular weight is 357 g/mol. The number of carbonyl (C=O) groups excluding carboxylic acids is 2. The van der Waals surface area contributed by atoms with Crippen LogP contribution in [0.15, 0.2) is 34.9 Å². The molecule has 1 aromatic heterocycles. The normalized spacial score (nSPS) is 10.3. The number of nitrogens with zero attached hydrogens (tertiary/aromatic N) is 2. The van der Waals surface area contributed by atoms with Crippen molar-refractivity contribution < 1.29 is 9.59 Å². The van der Waals surface area contributed by atoms with Gasteiger partial charge in [-0.25, -0.2) is 0 Å². The van der Waals surface area contributed by atoms with Crippen molar-refractivity contribution in [1.29, 1.82) is 0 Å². The molecule has 1 aromatic carbocycles. The van der Waals surface area contributed by atoms with Gasteiger partial charge < -0.3 is 5.32 Å². The summed E-state index contributed by atoms with van der Waals surface area (Å²) in [6.07, 6.45) is 1.71. The molecule has 5 nitrogen and oxygen atoms in total. The quantitative estimate of drug-likeness (QED) is 0.857. The first kappa shape index (κ1) is 14.7. The van der Waals surface area contributed by atoms with Crippen LogP contribution in [0, 0.1) is 0 Å². The Morgan fingerprint density at radius 2 is 2.10 bits per heavy atom. The number of rotatable bonds is 4. The smallest absolute Gasteiger partial charge is 0.292 e. The van der Waals surface area contributed by atoms with E-state index in [1.165, 1.54) is 6.92 Å². The summed E-state index contributed by atoms with van der Waals surface area (Å²) in [7, 11) is 0. The van der Waals surface area contributed by atoms with Crippen LogP contribution < -0.4 is 5.32 Å².